The number of aromatic nitrogens is 1. The second-order valence-corrected chi connectivity index (χ2v) is 7.22. The molecule has 1 unspecified atom stereocenters. The molecule has 144 valence electrons. The number of nitrogens with zero attached hydrogens (tertiary/aromatic N) is 1. The number of carbonyl (C=O) groups is 1. The number of oxazole rings is 1. The maximum absolute atomic E-state index is 12.9. The van der Waals surface area contributed by atoms with E-state index in [0.29, 0.717) is 11.6 Å². The fourth-order valence-electron chi connectivity index (χ4n) is 3.67. The van der Waals surface area contributed by atoms with Crippen molar-refractivity contribution in [3.05, 3.63) is 89.6 Å². The van der Waals surface area contributed by atoms with Crippen molar-refractivity contribution in [1.82, 2.24) is 15.6 Å². The molecule has 1 fully saturated rings. The molecule has 0 spiro atoms. The molecule has 1 aliphatic heterocycles. The molecule has 0 aliphatic carbocycles. The summed E-state index contributed by atoms with van der Waals surface area (Å²) in [6, 6.07) is 20.1. The summed E-state index contributed by atoms with van der Waals surface area (Å²) in [6.07, 6.45) is 4.18. The van der Waals surface area contributed by atoms with Gasteiger partial charge in [-0.3, -0.25) is 4.79 Å². The van der Waals surface area contributed by atoms with Gasteiger partial charge in [-0.2, -0.15) is 0 Å². The SMILES string of the molecule is O=C(NC(Cc1ccccc1)c1ccccc1)c1coc(C2CCNCC2)n1. The van der Waals surface area contributed by atoms with Crippen molar-refractivity contribution in [1.29, 1.82) is 0 Å². The monoisotopic (exact) mass is 375 g/mol. The third-order valence-corrected chi connectivity index (χ3v) is 5.23. The normalized spacial score (nSPS) is 15.9. The van der Waals surface area contributed by atoms with E-state index in [2.05, 4.69) is 27.8 Å². The number of benzene rings is 2. The Labute approximate surface area is 165 Å². The zero-order chi connectivity index (χ0) is 19.2. The molecule has 0 radical (unpaired) electrons. The predicted octanol–water partition coefficient (Wildman–Crippen LogP) is 3.86. The van der Waals surface area contributed by atoms with E-state index >= 15 is 0 Å². The summed E-state index contributed by atoms with van der Waals surface area (Å²) in [7, 11) is 0. The van der Waals surface area contributed by atoms with Crippen LogP contribution in [0.4, 0.5) is 0 Å². The molecular weight excluding hydrogens is 350 g/mol. The highest BCUT2D eigenvalue weighted by Gasteiger charge is 2.23. The summed E-state index contributed by atoms with van der Waals surface area (Å²) in [6.45, 7) is 1.92. The molecule has 4 rings (SSSR count). The third kappa shape index (κ3) is 4.49. The van der Waals surface area contributed by atoms with Crippen LogP contribution in [0.25, 0.3) is 0 Å². The van der Waals surface area contributed by atoms with Crippen LogP contribution in [0.5, 0.6) is 0 Å². The molecule has 1 saturated heterocycles. The van der Waals surface area contributed by atoms with Crippen molar-refractivity contribution in [2.75, 3.05) is 13.1 Å². The van der Waals surface area contributed by atoms with Gasteiger partial charge in [-0.15, -0.1) is 0 Å². The number of rotatable bonds is 6. The molecule has 3 aromatic rings. The molecule has 1 atom stereocenters. The van der Waals surface area contributed by atoms with Gasteiger partial charge in [0.1, 0.15) is 6.26 Å². The van der Waals surface area contributed by atoms with Gasteiger partial charge in [-0.1, -0.05) is 60.7 Å². The van der Waals surface area contributed by atoms with Gasteiger partial charge in [0, 0.05) is 5.92 Å². The van der Waals surface area contributed by atoms with E-state index in [-0.39, 0.29) is 17.9 Å². The molecule has 1 aliphatic rings. The largest absolute Gasteiger partial charge is 0.448 e. The van der Waals surface area contributed by atoms with Gasteiger partial charge >= 0.3 is 0 Å². The highest BCUT2D eigenvalue weighted by molar-refractivity contribution is 5.92. The molecule has 5 nitrogen and oxygen atoms in total. The molecule has 1 amide bonds. The Morgan fingerprint density at radius 2 is 1.75 bits per heavy atom. The minimum atomic E-state index is -0.200. The van der Waals surface area contributed by atoms with Crippen LogP contribution in [0.3, 0.4) is 0 Å². The van der Waals surface area contributed by atoms with Crippen LogP contribution in [0, 0.1) is 0 Å². The Bertz CT molecular complexity index is 886. The standard InChI is InChI=1S/C23H25N3O2/c27-22(21-16-28-23(26-21)19-11-13-24-14-12-19)25-20(18-9-5-2-6-10-18)15-17-7-3-1-4-8-17/h1-10,16,19-20,24H,11-15H2,(H,25,27). The topological polar surface area (TPSA) is 67.2 Å². The lowest BCUT2D eigenvalue weighted by Gasteiger charge is -2.19. The zero-order valence-corrected chi connectivity index (χ0v) is 15.8. The van der Waals surface area contributed by atoms with Crippen molar-refractivity contribution < 1.29 is 9.21 Å². The minimum Gasteiger partial charge on any atom is -0.448 e. The van der Waals surface area contributed by atoms with Gasteiger partial charge in [0.25, 0.3) is 5.91 Å². The number of hydrogen-bond acceptors (Lipinski definition) is 4. The molecule has 2 heterocycles. The van der Waals surface area contributed by atoms with Crippen molar-refractivity contribution in [2.45, 2.75) is 31.2 Å². The van der Waals surface area contributed by atoms with Crippen molar-refractivity contribution >= 4 is 5.91 Å². The van der Waals surface area contributed by atoms with Gasteiger partial charge in [0.05, 0.1) is 6.04 Å². The molecule has 28 heavy (non-hydrogen) atoms. The van der Waals surface area contributed by atoms with Gasteiger partial charge in [0.2, 0.25) is 0 Å². The maximum atomic E-state index is 12.9. The Balaban J connectivity index is 1.50. The molecule has 2 N–H and O–H groups in total. The van der Waals surface area contributed by atoms with Gasteiger partial charge in [0.15, 0.2) is 11.6 Å². The maximum Gasteiger partial charge on any atom is 0.273 e. The van der Waals surface area contributed by atoms with Crippen LogP contribution in [0.15, 0.2) is 71.3 Å². The van der Waals surface area contributed by atoms with Crippen molar-refractivity contribution in [3.63, 3.8) is 0 Å². The van der Waals surface area contributed by atoms with Crippen molar-refractivity contribution in [2.24, 2.45) is 0 Å². The Hall–Kier alpha value is -2.92. The first-order valence-electron chi connectivity index (χ1n) is 9.85. The average Bonchev–Trinajstić information content (AvgIpc) is 3.26. The molecule has 1 aromatic heterocycles. The lowest BCUT2D eigenvalue weighted by Crippen LogP contribution is -2.30. The first-order valence-corrected chi connectivity index (χ1v) is 9.85. The van der Waals surface area contributed by atoms with E-state index in [1.54, 1.807) is 0 Å². The molecule has 0 saturated carbocycles. The van der Waals surface area contributed by atoms with Crippen LogP contribution >= 0.6 is 0 Å². The van der Waals surface area contributed by atoms with Crippen molar-refractivity contribution in [3.8, 4) is 0 Å². The summed E-state index contributed by atoms with van der Waals surface area (Å²) in [5.74, 6) is 0.761. The van der Waals surface area contributed by atoms with E-state index in [1.807, 2.05) is 48.5 Å². The van der Waals surface area contributed by atoms with Crippen LogP contribution < -0.4 is 10.6 Å². The minimum absolute atomic E-state index is 0.130. The second-order valence-electron chi connectivity index (χ2n) is 7.22. The number of carbonyl (C=O) groups excluding carboxylic acids is 1. The highest BCUT2D eigenvalue weighted by atomic mass is 16.3. The van der Waals surface area contributed by atoms with Gasteiger partial charge < -0.3 is 15.1 Å². The first kappa shape index (κ1) is 18.4. The molecule has 5 heteroatoms. The number of hydrogen-bond donors (Lipinski definition) is 2. The lowest BCUT2D eigenvalue weighted by atomic mass is 9.98. The van der Waals surface area contributed by atoms with Crippen LogP contribution in [-0.4, -0.2) is 24.0 Å². The van der Waals surface area contributed by atoms with E-state index in [9.17, 15) is 4.79 Å². The van der Waals surface area contributed by atoms with E-state index in [4.69, 9.17) is 4.42 Å². The Morgan fingerprint density at radius 1 is 1.07 bits per heavy atom. The lowest BCUT2D eigenvalue weighted by molar-refractivity contribution is 0.0931. The summed E-state index contributed by atoms with van der Waals surface area (Å²) < 4.78 is 5.63. The summed E-state index contributed by atoms with van der Waals surface area (Å²) in [5, 5.41) is 6.47. The van der Waals surface area contributed by atoms with Gasteiger partial charge in [-0.05, 0) is 43.5 Å². The Kier molecular flexibility index (Phi) is 5.83. The first-order chi connectivity index (χ1) is 13.8. The van der Waals surface area contributed by atoms with Crippen LogP contribution in [0.1, 0.15) is 52.3 Å². The smallest absolute Gasteiger partial charge is 0.273 e. The van der Waals surface area contributed by atoms with E-state index in [0.717, 1.165) is 37.9 Å². The third-order valence-electron chi connectivity index (χ3n) is 5.23. The average molecular weight is 375 g/mol. The molecular formula is C23H25N3O2. The number of amides is 1. The van der Waals surface area contributed by atoms with E-state index in [1.165, 1.54) is 11.8 Å². The predicted molar refractivity (Wildman–Crippen MR) is 108 cm³/mol. The fourth-order valence-corrected chi connectivity index (χ4v) is 3.67. The molecule has 0 bridgehead atoms. The van der Waals surface area contributed by atoms with Crippen LogP contribution in [0.2, 0.25) is 0 Å². The quantitative estimate of drug-likeness (QED) is 0.687. The zero-order valence-electron chi connectivity index (χ0n) is 15.8. The number of nitrogens with one attached hydrogen (secondary N) is 2. The summed E-state index contributed by atoms with van der Waals surface area (Å²) in [4.78, 5) is 17.3. The highest BCUT2D eigenvalue weighted by Crippen LogP contribution is 2.25. The second kappa shape index (κ2) is 8.85. The summed E-state index contributed by atoms with van der Waals surface area (Å²) in [5.41, 5.74) is 2.59. The molecule has 2 aromatic carbocycles. The fraction of sp³-hybridized carbons (Fsp3) is 0.304. The van der Waals surface area contributed by atoms with E-state index < -0.39 is 0 Å². The van der Waals surface area contributed by atoms with Gasteiger partial charge in [-0.25, -0.2) is 4.98 Å². The van der Waals surface area contributed by atoms with Crippen LogP contribution in [-0.2, 0) is 6.42 Å². The number of piperidine rings is 1. The Morgan fingerprint density at radius 3 is 2.46 bits per heavy atom. The summed E-state index contributed by atoms with van der Waals surface area (Å²) >= 11 is 0.